The maximum absolute atomic E-state index is 14.4. The Balaban J connectivity index is 1.95. The third kappa shape index (κ3) is 2.82. The van der Waals surface area contributed by atoms with Crippen LogP contribution >= 0.6 is 0 Å². The minimum Gasteiger partial charge on any atom is -0.494 e. The molecule has 2 heterocycles. The van der Waals surface area contributed by atoms with Gasteiger partial charge in [0.1, 0.15) is 0 Å². The van der Waals surface area contributed by atoms with E-state index in [0.29, 0.717) is 19.8 Å². The Morgan fingerprint density at radius 3 is 2.87 bits per heavy atom. The number of hydrogen-bond acceptors (Lipinski definition) is 3. The van der Waals surface area contributed by atoms with Crippen molar-refractivity contribution >= 4 is 5.91 Å². The van der Waals surface area contributed by atoms with Crippen molar-refractivity contribution in [3.63, 3.8) is 0 Å². The van der Waals surface area contributed by atoms with Gasteiger partial charge in [0.05, 0.1) is 31.9 Å². The van der Waals surface area contributed by atoms with E-state index in [-0.39, 0.29) is 23.3 Å². The average molecular weight is 318 g/mol. The molecule has 23 heavy (non-hydrogen) atoms. The van der Waals surface area contributed by atoms with Crippen molar-refractivity contribution in [3.05, 3.63) is 53.6 Å². The molecule has 5 nitrogen and oxygen atoms in total. The molecule has 0 bridgehead atoms. The van der Waals surface area contributed by atoms with Gasteiger partial charge in [0, 0.05) is 25.5 Å². The van der Waals surface area contributed by atoms with Gasteiger partial charge < -0.3 is 18.9 Å². The standard InChI is InChI=1S/C17H19FN2O3/c1-19-8-4-6-13(19)14-11-23-10-9-20(14)17(21)12-5-3-7-15(22-2)16(12)18/h3-8,14H,9-11H2,1-2H3. The van der Waals surface area contributed by atoms with Gasteiger partial charge >= 0.3 is 0 Å². The largest absolute Gasteiger partial charge is 0.494 e. The molecule has 6 heteroatoms. The van der Waals surface area contributed by atoms with E-state index >= 15 is 0 Å². The Labute approximate surface area is 134 Å². The van der Waals surface area contributed by atoms with Crippen LogP contribution < -0.4 is 4.74 Å². The monoisotopic (exact) mass is 318 g/mol. The molecular formula is C17H19FN2O3. The van der Waals surface area contributed by atoms with Gasteiger partial charge in [-0.15, -0.1) is 0 Å². The second kappa shape index (κ2) is 6.42. The van der Waals surface area contributed by atoms with Crippen LogP contribution in [-0.4, -0.2) is 42.2 Å². The first-order valence-electron chi connectivity index (χ1n) is 7.46. The van der Waals surface area contributed by atoms with Crippen LogP contribution in [0.5, 0.6) is 5.75 Å². The SMILES string of the molecule is COc1cccc(C(=O)N2CCOCC2c2cccn2C)c1F. The van der Waals surface area contributed by atoms with Crippen LogP contribution in [0, 0.1) is 5.82 Å². The molecule has 2 aromatic rings. The predicted molar refractivity (Wildman–Crippen MR) is 83.0 cm³/mol. The Hall–Kier alpha value is -2.34. The van der Waals surface area contributed by atoms with Gasteiger partial charge in [0.25, 0.3) is 5.91 Å². The predicted octanol–water partition coefficient (Wildman–Crippen LogP) is 2.39. The van der Waals surface area contributed by atoms with E-state index in [2.05, 4.69) is 0 Å². The molecule has 1 atom stereocenters. The zero-order valence-corrected chi connectivity index (χ0v) is 13.2. The third-order valence-corrected chi connectivity index (χ3v) is 4.13. The number of rotatable bonds is 3. The lowest BCUT2D eigenvalue weighted by Gasteiger charge is -2.36. The molecule has 3 rings (SSSR count). The van der Waals surface area contributed by atoms with E-state index in [9.17, 15) is 9.18 Å². The second-order valence-corrected chi connectivity index (χ2v) is 5.46. The van der Waals surface area contributed by atoms with Crippen molar-refractivity contribution in [2.45, 2.75) is 6.04 Å². The molecule has 0 aliphatic carbocycles. The number of amides is 1. The number of morpholine rings is 1. The molecule has 0 spiro atoms. The number of ether oxygens (including phenoxy) is 2. The summed E-state index contributed by atoms with van der Waals surface area (Å²) < 4.78 is 26.9. The van der Waals surface area contributed by atoms with Gasteiger partial charge in [0.15, 0.2) is 11.6 Å². The Morgan fingerprint density at radius 2 is 2.17 bits per heavy atom. The summed E-state index contributed by atoms with van der Waals surface area (Å²) in [6, 6.07) is 8.23. The molecule has 1 saturated heterocycles. The molecule has 122 valence electrons. The summed E-state index contributed by atoms with van der Waals surface area (Å²) in [4.78, 5) is 14.5. The van der Waals surface area contributed by atoms with Crippen LogP contribution in [0.3, 0.4) is 0 Å². The number of benzene rings is 1. The number of aromatic nitrogens is 1. The lowest BCUT2D eigenvalue weighted by molar-refractivity contribution is -0.00489. The number of halogens is 1. The zero-order valence-electron chi connectivity index (χ0n) is 13.2. The number of carbonyl (C=O) groups is 1. The van der Waals surface area contributed by atoms with E-state index in [1.165, 1.54) is 19.2 Å². The van der Waals surface area contributed by atoms with Crippen molar-refractivity contribution in [2.75, 3.05) is 26.9 Å². The molecule has 1 aliphatic heterocycles. The summed E-state index contributed by atoms with van der Waals surface area (Å²) in [6.07, 6.45) is 1.92. The van der Waals surface area contributed by atoms with Crippen molar-refractivity contribution in [3.8, 4) is 5.75 Å². The first-order chi connectivity index (χ1) is 11.1. The van der Waals surface area contributed by atoms with Gasteiger partial charge in [-0.05, 0) is 24.3 Å². The van der Waals surface area contributed by atoms with Crippen molar-refractivity contribution in [2.24, 2.45) is 7.05 Å². The molecule has 1 aromatic heterocycles. The van der Waals surface area contributed by atoms with E-state index in [1.807, 2.05) is 29.9 Å². The van der Waals surface area contributed by atoms with Crippen LogP contribution in [0.25, 0.3) is 0 Å². The quantitative estimate of drug-likeness (QED) is 0.873. The van der Waals surface area contributed by atoms with E-state index < -0.39 is 5.82 Å². The molecule has 1 aromatic carbocycles. The van der Waals surface area contributed by atoms with E-state index in [0.717, 1.165) is 5.69 Å². The maximum atomic E-state index is 14.4. The van der Waals surface area contributed by atoms with Crippen LogP contribution in [-0.2, 0) is 11.8 Å². The topological polar surface area (TPSA) is 43.7 Å². The Bertz CT molecular complexity index is 714. The Kier molecular flexibility index (Phi) is 4.34. The maximum Gasteiger partial charge on any atom is 0.257 e. The minimum absolute atomic E-state index is 0.0189. The summed E-state index contributed by atoms with van der Waals surface area (Å²) in [5, 5.41) is 0. The highest BCUT2D eigenvalue weighted by molar-refractivity contribution is 5.95. The smallest absolute Gasteiger partial charge is 0.257 e. The van der Waals surface area contributed by atoms with Gasteiger partial charge in [-0.25, -0.2) is 4.39 Å². The molecule has 1 aliphatic rings. The molecule has 0 radical (unpaired) electrons. The fourth-order valence-electron chi connectivity index (χ4n) is 2.90. The van der Waals surface area contributed by atoms with Crippen molar-refractivity contribution in [1.29, 1.82) is 0 Å². The lowest BCUT2D eigenvalue weighted by atomic mass is 10.1. The summed E-state index contributed by atoms with van der Waals surface area (Å²) in [7, 11) is 3.30. The highest BCUT2D eigenvalue weighted by atomic mass is 19.1. The highest BCUT2D eigenvalue weighted by Crippen LogP contribution is 2.28. The molecular weight excluding hydrogens is 299 g/mol. The minimum atomic E-state index is -0.628. The molecule has 0 N–H and O–H groups in total. The molecule has 1 fully saturated rings. The van der Waals surface area contributed by atoms with E-state index in [4.69, 9.17) is 9.47 Å². The lowest BCUT2D eigenvalue weighted by Crippen LogP contribution is -2.44. The highest BCUT2D eigenvalue weighted by Gasteiger charge is 2.32. The summed E-state index contributed by atoms with van der Waals surface area (Å²) in [5.41, 5.74) is 0.979. The van der Waals surface area contributed by atoms with Crippen molar-refractivity contribution < 1.29 is 18.7 Å². The number of nitrogens with zero attached hydrogens (tertiary/aromatic N) is 2. The van der Waals surface area contributed by atoms with E-state index in [1.54, 1.807) is 11.0 Å². The van der Waals surface area contributed by atoms with Gasteiger partial charge in [-0.2, -0.15) is 0 Å². The second-order valence-electron chi connectivity index (χ2n) is 5.46. The Morgan fingerprint density at radius 1 is 1.35 bits per heavy atom. The van der Waals surface area contributed by atoms with Crippen LogP contribution in [0.15, 0.2) is 36.5 Å². The summed E-state index contributed by atoms with van der Waals surface area (Å²) in [5.74, 6) is -0.910. The van der Waals surface area contributed by atoms with Gasteiger partial charge in [0.2, 0.25) is 0 Å². The van der Waals surface area contributed by atoms with Gasteiger partial charge in [-0.1, -0.05) is 6.07 Å². The molecule has 1 unspecified atom stereocenters. The number of aryl methyl sites for hydroxylation is 1. The zero-order chi connectivity index (χ0) is 16.4. The summed E-state index contributed by atoms with van der Waals surface area (Å²) in [6.45, 7) is 1.26. The normalized spacial score (nSPS) is 18.0. The van der Waals surface area contributed by atoms with Crippen LogP contribution in [0.4, 0.5) is 4.39 Å². The number of methoxy groups -OCH3 is 1. The fraction of sp³-hybridized carbons (Fsp3) is 0.353. The van der Waals surface area contributed by atoms with Crippen LogP contribution in [0.1, 0.15) is 22.1 Å². The third-order valence-electron chi connectivity index (χ3n) is 4.13. The number of carbonyl (C=O) groups excluding carboxylic acids is 1. The fourth-order valence-corrected chi connectivity index (χ4v) is 2.90. The van der Waals surface area contributed by atoms with Gasteiger partial charge in [-0.3, -0.25) is 4.79 Å². The van der Waals surface area contributed by atoms with Crippen molar-refractivity contribution in [1.82, 2.24) is 9.47 Å². The molecule has 0 saturated carbocycles. The van der Waals surface area contributed by atoms with Crippen LogP contribution in [0.2, 0.25) is 0 Å². The number of hydrogen-bond donors (Lipinski definition) is 0. The first-order valence-corrected chi connectivity index (χ1v) is 7.46. The summed E-state index contributed by atoms with van der Waals surface area (Å²) >= 11 is 0. The average Bonchev–Trinajstić information content (AvgIpc) is 3.00. The first kappa shape index (κ1) is 15.6. The molecule has 1 amide bonds.